The van der Waals surface area contributed by atoms with Crippen molar-refractivity contribution in [2.45, 2.75) is 87.5 Å². The van der Waals surface area contributed by atoms with Crippen molar-refractivity contribution >= 4 is 17.7 Å². The van der Waals surface area contributed by atoms with Crippen LogP contribution in [-0.4, -0.2) is 33.9 Å². The molecule has 1 aromatic carbocycles. The van der Waals surface area contributed by atoms with Crippen LogP contribution in [0.15, 0.2) is 24.3 Å². The summed E-state index contributed by atoms with van der Waals surface area (Å²) in [5.41, 5.74) is 1.03. The van der Waals surface area contributed by atoms with Gasteiger partial charge in [0.05, 0.1) is 0 Å². The van der Waals surface area contributed by atoms with E-state index in [0.717, 1.165) is 18.7 Å². The second-order valence-electron chi connectivity index (χ2n) is 8.29. The zero-order chi connectivity index (χ0) is 19.1. The molecule has 1 atom stereocenters. The monoisotopic (exact) mass is 391 g/mol. The van der Waals surface area contributed by atoms with Crippen LogP contribution >= 0.6 is 11.8 Å². The maximum atomic E-state index is 13.0. The third-order valence-electron chi connectivity index (χ3n) is 6.30. The fourth-order valence-electron chi connectivity index (χ4n) is 4.66. The number of carbonyl (C=O) groups excluding carboxylic acids is 1. The SMILES string of the molecule is CCN(CC1CCC2(CCCCCCC2)S1)C(=O)CCc1ccc(F)cc1. The Morgan fingerprint density at radius 2 is 1.78 bits per heavy atom. The van der Waals surface area contributed by atoms with E-state index in [0.29, 0.717) is 22.8 Å². The molecular formula is C23H34FNOS. The molecule has 150 valence electrons. The summed E-state index contributed by atoms with van der Waals surface area (Å²) < 4.78 is 13.5. The van der Waals surface area contributed by atoms with Crippen LogP contribution in [0.2, 0.25) is 0 Å². The van der Waals surface area contributed by atoms with E-state index in [9.17, 15) is 9.18 Å². The van der Waals surface area contributed by atoms with Gasteiger partial charge in [-0.1, -0.05) is 44.2 Å². The molecule has 27 heavy (non-hydrogen) atoms. The predicted octanol–water partition coefficient (Wildman–Crippen LogP) is 5.99. The lowest BCUT2D eigenvalue weighted by Gasteiger charge is -2.32. The van der Waals surface area contributed by atoms with E-state index < -0.39 is 0 Å². The number of carbonyl (C=O) groups is 1. The molecule has 1 spiro atoms. The fraction of sp³-hybridized carbons (Fsp3) is 0.696. The second-order valence-corrected chi connectivity index (χ2v) is 10.1. The van der Waals surface area contributed by atoms with Gasteiger partial charge in [0.2, 0.25) is 5.91 Å². The Morgan fingerprint density at radius 3 is 2.44 bits per heavy atom. The molecule has 1 aromatic rings. The smallest absolute Gasteiger partial charge is 0.222 e. The molecule has 1 saturated heterocycles. The molecule has 0 bridgehead atoms. The van der Waals surface area contributed by atoms with Crippen LogP contribution in [0.4, 0.5) is 4.39 Å². The Labute approximate surface area is 168 Å². The number of amides is 1. The summed E-state index contributed by atoms with van der Waals surface area (Å²) in [7, 11) is 0. The Kier molecular flexibility index (Phi) is 7.63. The van der Waals surface area contributed by atoms with Gasteiger partial charge in [-0.2, -0.15) is 0 Å². The predicted molar refractivity (Wildman–Crippen MR) is 113 cm³/mol. The molecule has 1 unspecified atom stereocenters. The van der Waals surface area contributed by atoms with Crippen molar-refractivity contribution in [1.82, 2.24) is 4.90 Å². The van der Waals surface area contributed by atoms with Crippen LogP contribution < -0.4 is 0 Å². The highest BCUT2D eigenvalue weighted by Gasteiger charge is 2.40. The van der Waals surface area contributed by atoms with Gasteiger partial charge in [0, 0.05) is 29.5 Å². The number of hydrogen-bond acceptors (Lipinski definition) is 2. The zero-order valence-electron chi connectivity index (χ0n) is 16.7. The molecule has 3 rings (SSSR count). The molecule has 1 heterocycles. The van der Waals surface area contributed by atoms with Gasteiger partial charge in [-0.15, -0.1) is 11.8 Å². The topological polar surface area (TPSA) is 20.3 Å². The van der Waals surface area contributed by atoms with E-state index >= 15 is 0 Å². The minimum atomic E-state index is -0.221. The maximum Gasteiger partial charge on any atom is 0.222 e. The average Bonchev–Trinajstić information content (AvgIpc) is 3.06. The van der Waals surface area contributed by atoms with Gasteiger partial charge in [-0.3, -0.25) is 4.79 Å². The molecule has 1 amide bonds. The summed E-state index contributed by atoms with van der Waals surface area (Å²) in [4.78, 5) is 14.8. The van der Waals surface area contributed by atoms with Crippen LogP contribution in [-0.2, 0) is 11.2 Å². The molecule has 2 fully saturated rings. The largest absolute Gasteiger partial charge is 0.342 e. The first-order valence-electron chi connectivity index (χ1n) is 10.8. The Bertz CT molecular complexity index is 595. The summed E-state index contributed by atoms with van der Waals surface area (Å²) in [5.74, 6) is 0.0164. The van der Waals surface area contributed by atoms with E-state index in [1.807, 2.05) is 4.90 Å². The van der Waals surface area contributed by atoms with Crippen molar-refractivity contribution in [3.63, 3.8) is 0 Å². The highest BCUT2D eigenvalue weighted by atomic mass is 32.2. The quantitative estimate of drug-likeness (QED) is 0.594. The summed E-state index contributed by atoms with van der Waals surface area (Å²) >= 11 is 2.20. The van der Waals surface area contributed by atoms with E-state index in [-0.39, 0.29) is 11.7 Å². The average molecular weight is 392 g/mol. The Morgan fingerprint density at radius 1 is 1.11 bits per heavy atom. The van der Waals surface area contributed by atoms with Crippen LogP contribution in [0.1, 0.15) is 76.7 Å². The normalized spacial score (nSPS) is 22.4. The van der Waals surface area contributed by atoms with Crippen molar-refractivity contribution in [2.75, 3.05) is 13.1 Å². The number of nitrogens with zero attached hydrogens (tertiary/aromatic N) is 1. The summed E-state index contributed by atoms with van der Waals surface area (Å²) in [6.07, 6.45) is 13.5. The molecule has 1 aliphatic heterocycles. The van der Waals surface area contributed by atoms with Gasteiger partial charge in [-0.25, -0.2) is 4.39 Å². The summed E-state index contributed by atoms with van der Waals surface area (Å²) in [6, 6.07) is 6.51. The molecule has 2 nitrogen and oxygen atoms in total. The van der Waals surface area contributed by atoms with E-state index in [2.05, 4.69) is 18.7 Å². The second kappa shape index (κ2) is 9.95. The van der Waals surface area contributed by atoms with Gasteiger partial charge in [-0.05, 0) is 56.7 Å². The number of benzene rings is 1. The van der Waals surface area contributed by atoms with Crippen LogP contribution in [0.5, 0.6) is 0 Å². The van der Waals surface area contributed by atoms with E-state index in [1.54, 1.807) is 12.1 Å². The third-order valence-corrected chi connectivity index (χ3v) is 8.13. The molecule has 0 aromatic heterocycles. The highest BCUT2D eigenvalue weighted by molar-refractivity contribution is 8.01. The standard InChI is InChI=1S/C23H34FNOS/c1-2-25(22(26)13-10-19-8-11-20(24)12-9-19)18-21-14-17-23(27-21)15-6-4-3-5-7-16-23/h8-9,11-12,21H,2-7,10,13-18H2,1H3. The van der Waals surface area contributed by atoms with E-state index in [4.69, 9.17) is 0 Å². The lowest BCUT2D eigenvalue weighted by molar-refractivity contribution is -0.131. The van der Waals surface area contributed by atoms with Crippen molar-refractivity contribution in [3.05, 3.63) is 35.6 Å². The summed E-state index contributed by atoms with van der Waals surface area (Å²) in [5, 5.41) is 0.596. The molecule has 2 aliphatic rings. The maximum absolute atomic E-state index is 13.0. The van der Waals surface area contributed by atoms with Crippen LogP contribution in [0.25, 0.3) is 0 Å². The first-order chi connectivity index (χ1) is 13.1. The van der Waals surface area contributed by atoms with Crippen molar-refractivity contribution in [3.8, 4) is 0 Å². The number of halogens is 1. The molecular weight excluding hydrogens is 357 g/mol. The van der Waals surface area contributed by atoms with Crippen LogP contribution in [0.3, 0.4) is 0 Å². The number of rotatable bonds is 6. The number of thioether (sulfide) groups is 1. The molecule has 1 aliphatic carbocycles. The lowest BCUT2D eigenvalue weighted by atomic mass is 9.87. The Hall–Kier alpha value is -1.03. The van der Waals surface area contributed by atoms with E-state index in [1.165, 1.54) is 69.9 Å². The molecule has 4 heteroatoms. The fourth-order valence-corrected chi connectivity index (χ4v) is 6.61. The van der Waals surface area contributed by atoms with Crippen LogP contribution in [0, 0.1) is 5.82 Å². The zero-order valence-corrected chi connectivity index (χ0v) is 17.5. The minimum Gasteiger partial charge on any atom is -0.342 e. The number of hydrogen-bond donors (Lipinski definition) is 0. The van der Waals surface area contributed by atoms with Crippen molar-refractivity contribution in [1.29, 1.82) is 0 Å². The number of aryl methyl sites for hydroxylation is 1. The first-order valence-corrected chi connectivity index (χ1v) is 11.7. The van der Waals surface area contributed by atoms with Gasteiger partial charge >= 0.3 is 0 Å². The molecule has 1 saturated carbocycles. The lowest BCUT2D eigenvalue weighted by Crippen LogP contribution is -2.36. The Balaban J connectivity index is 1.49. The first kappa shape index (κ1) is 20.7. The van der Waals surface area contributed by atoms with Crippen molar-refractivity contribution < 1.29 is 9.18 Å². The van der Waals surface area contributed by atoms with Gasteiger partial charge < -0.3 is 4.90 Å². The van der Waals surface area contributed by atoms with Gasteiger partial charge in [0.15, 0.2) is 0 Å². The third kappa shape index (κ3) is 5.97. The van der Waals surface area contributed by atoms with Gasteiger partial charge in [0.25, 0.3) is 0 Å². The minimum absolute atomic E-state index is 0.221. The molecule has 0 radical (unpaired) electrons. The summed E-state index contributed by atoms with van der Waals surface area (Å²) in [6.45, 7) is 3.76. The molecule has 0 N–H and O–H groups in total. The van der Waals surface area contributed by atoms with Gasteiger partial charge in [0.1, 0.15) is 5.82 Å². The van der Waals surface area contributed by atoms with Crippen molar-refractivity contribution in [2.24, 2.45) is 0 Å². The highest BCUT2D eigenvalue weighted by Crippen LogP contribution is 2.50.